The van der Waals surface area contributed by atoms with Gasteiger partial charge in [-0.1, -0.05) is 44.2 Å². The molecule has 0 unspecified atom stereocenters. The second-order valence-corrected chi connectivity index (χ2v) is 5.08. The number of rotatable bonds is 2. The van der Waals surface area contributed by atoms with Crippen LogP contribution in [0.4, 0.5) is 18.9 Å². The Bertz CT molecular complexity index is 615. The normalized spacial score (nSPS) is 11.9. The molecule has 0 spiro atoms. The van der Waals surface area contributed by atoms with Gasteiger partial charge in [-0.2, -0.15) is 13.2 Å². The van der Waals surface area contributed by atoms with Gasteiger partial charge in [0.1, 0.15) is 0 Å². The fourth-order valence-electron chi connectivity index (χ4n) is 2.06. The summed E-state index contributed by atoms with van der Waals surface area (Å²) in [4.78, 5) is 0. The number of anilines is 1. The average molecular weight is 279 g/mol. The van der Waals surface area contributed by atoms with E-state index in [-0.39, 0.29) is 5.69 Å². The molecular formula is C16H16F3N. The molecule has 0 saturated heterocycles. The molecule has 4 heteroatoms. The van der Waals surface area contributed by atoms with E-state index in [0.717, 1.165) is 17.2 Å². The summed E-state index contributed by atoms with van der Waals surface area (Å²) in [5.74, 6) is 0.325. The molecule has 0 aliphatic heterocycles. The third-order valence-electron chi connectivity index (χ3n) is 3.25. The van der Waals surface area contributed by atoms with E-state index in [1.54, 1.807) is 12.1 Å². The Labute approximate surface area is 116 Å². The van der Waals surface area contributed by atoms with Crippen LogP contribution in [0.15, 0.2) is 42.5 Å². The van der Waals surface area contributed by atoms with Crippen LogP contribution in [-0.2, 0) is 6.18 Å². The van der Waals surface area contributed by atoms with Gasteiger partial charge in [-0.15, -0.1) is 0 Å². The Balaban J connectivity index is 2.51. The molecule has 1 nitrogen and oxygen atoms in total. The number of benzene rings is 2. The minimum absolute atomic E-state index is 0.249. The summed E-state index contributed by atoms with van der Waals surface area (Å²) in [7, 11) is 0. The highest BCUT2D eigenvalue weighted by Crippen LogP contribution is 2.36. The number of nitrogens with two attached hydrogens (primary N) is 1. The third kappa shape index (κ3) is 2.95. The number of hydrogen-bond donors (Lipinski definition) is 1. The maximum absolute atomic E-state index is 12.9. The topological polar surface area (TPSA) is 26.0 Å². The molecule has 2 N–H and O–H groups in total. The van der Waals surface area contributed by atoms with E-state index < -0.39 is 11.7 Å². The lowest BCUT2D eigenvalue weighted by Gasteiger charge is -2.13. The van der Waals surface area contributed by atoms with Crippen molar-refractivity contribution in [3.8, 4) is 11.1 Å². The molecule has 0 radical (unpaired) electrons. The Hall–Kier alpha value is -1.97. The van der Waals surface area contributed by atoms with E-state index in [1.165, 1.54) is 6.07 Å². The average Bonchev–Trinajstić information content (AvgIpc) is 2.38. The highest BCUT2D eigenvalue weighted by molar-refractivity contribution is 5.69. The van der Waals surface area contributed by atoms with Crippen molar-refractivity contribution in [2.24, 2.45) is 0 Å². The van der Waals surface area contributed by atoms with Crippen molar-refractivity contribution in [3.63, 3.8) is 0 Å². The molecule has 0 heterocycles. The van der Waals surface area contributed by atoms with Gasteiger partial charge in [0.25, 0.3) is 0 Å². The number of hydrogen-bond acceptors (Lipinski definition) is 1. The lowest BCUT2D eigenvalue weighted by Crippen LogP contribution is -2.08. The van der Waals surface area contributed by atoms with E-state index in [1.807, 2.05) is 32.0 Å². The largest absolute Gasteiger partial charge is 0.418 e. The Kier molecular flexibility index (Phi) is 3.75. The summed E-state index contributed by atoms with van der Waals surface area (Å²) >= 11 is 0. The van der Waals surface area contributed by atoms with E-state index in [2.05, 4.69) is 0 Å². The van der Waals surface area contributed by atoms with Crippen LogP contribution in [-0.4, -0.2) is 0 Å². The minimum atomic E-state index is -4.43. The predicted octanol–water partition coefficient (Wildman–Crippen LogP) is 5.08. The van der Waals surface area contributed by atoms with Crippen LogP contribution in [0.5, 0.6) is 0 Å². The van der Waals surface area contributed by atoms with Gasteiger partial charge in [0.15, 0.2) is 0 Å². The lowest BCUT2D eigenvalue weighted by molar-refractivity contribution is -0.136. The molecular weight excluding hydrogens is 263 g/mol. The van der Waals surface area contributed by atoms with Gasteiger partial charge in [0, 0.05) is 5.69 Å². The van der Waals surface area contributed by atoms with Crippen molar-refractivity contribution in [2.45, 2.75) is 25.9 Å². The van der Waals surface area contributed by atoms with Gasteiger partial charge >= 0.3 is 6.18 Å². The highest BCUT2D eigenvalue weighted by Gasteiger charge is 2.33. The molecule has 0 bridgehead atoms. The summed E-state index contributed by atoms with van der Waals surface area (Å²) < 4.78 is 38.6. The van der Waals surface area contributed by atoms with Gasteiger partial charge in [-0.3, -0.25) is 0 Å². The fraction of sp³-hybridized carbons (Fsp3) is 0.250. The Morgan fingerprint density at radius 3 is 2.20 bits per heavy atom. The second kappa shape index (κ2) is 5.19. The first-order valence-electron chi connectivity index (χ1n) is 6.36. The van der Waals surface area contributed by atoms with E-state index in [0.29, 0.717) is 11.5 Å². The van der Waals surface area contributed by atoms with Crippen molar-refractivity contribution in [1.29, 1.82) is 0 Å². The van der Waals surface area contributed by atoms with Crippen molar-refractivity contribution in [2.75, 3.05) is 5.73 Å². The second-order valence-electron chi connectivity index (χ2n) is 5.08. The number of nitrogen functional groups attached to an aromatic ring is 1. The molecule has 0 aliphatic carbocycles. The highest BCUT2D eigenvalue weighted by atomic mass is 19.4. The lowest BCUT2D eigenvalue weighted by atomic mass is 9.96. The maximum Gasteiger partial charge on any atom is 0.418 e. The fourth-order valence-corrected chi connectivity index (χ4v) is 2.06. The minimum Gasteiger partial charge on any atom is -0.398 e. The maximum atomic E-state index is 12.9. The van der Waals surface area contributed by atoms with Crippen LogP contribution in [0.1, 0.15) is 30.9 Å². The zero-order valence-corrected chi connectivity index (χ0v) is 11.3. The van der Waals surface area contributed by atoms with Crippen LogP contribution in [0.3, 0.4) is 0 Å². The van der Waals surface area contributed by atoms with Gasteiger partial charge in [-0.25, -0.2) is 0 Å². The molecule has 2 rings (SSSR count). The zero-order valence-electron chi connectivity index (χ0n) is 11.3. The van der Waals surface area contributed by atoms with Crippen LogP contribution in [0.25, 0.3) is 11.1 Å². The van der Waals surface area contributed by atoms with Crippen molar-refractivity contribution < 1.29 is 13.2 Å². The molecule has 0 saturated carbocycles. The molecule has 0 aromatic heterocycles. The van der Waals surface area contributed by atoms with Crippen LogP contribution in [0.2, 0.25) is 0 Å². The molecule has 20 heavy (non-hydrogen) atoms. The standard InChI is InChI=1S/C16H16F3N/c1-10(2)11-4-3-5-12(8-11)13-6-7-15(20)14(9-13)16(17,18)19/h3-10H,20H2,1-2H3. The molecule has 0 aliphatic rings. The van der Waals surface area contributed by atoms with E-state index in [9.17, 15) is 13.2 Å². The van der Waals surface area contributed by atoms with E-state index in [4.69, 9.17) is 5.73 Å². The molecule has 0 fully saturated rings. The number of alkyl halides is 3. The summed E-state index contributed by atoms with van der Waals surface area (Å²) in [5, 5.41) is 0. The van der Waals surface area contributed by atoms with Crippen LogP contribution in [0, 0.1) is 0 Å². The summed E-state index contributed by atoms with van der Waals surface area (Å²) in [6.45, 7) is 4.09. The molecule has 2 aromatic rings. The number of halogens is 3. The van der Waals surface area contributed by atoms with Crippen molar-refractivity contribution in [3.05, 3.63) is 53.6 Å². The monoisotopic (exact) mass is 279 g/mol. The van der Waals surface area contributed by atoms with Crippen molar-refractivity contribution in [1.82, 2.24) is 0 Å². The van der Waals surface area contributed by atoms with Gasteiger partial charge in [-0.05, 0) is 34.7 Å². The summed E-state index contributed by atoms with van der Waals surface area (Å²) in [5.41, 5.74) is 6.75. The summed E-state index contributed by atoms with van der Waals surface area (Å²) in [6.07, 6.45) is -4.43. The van der Waals surface area contributed by atoms with Crippen LogP contribution >= 0.6 is 0 Å². The van der Waals surface area contributed by atoms with Crippen molar-refractivity contribution >= 4 is 5.69 Å². The smallest absolute Gasteiger partial charge is 0.398 e. The molecule has 2 aromatic carbocycles. The van der Waals surface area contributed by atoms with Gasteiger partial charge in [0.2, 0.25) is 0 Å². The first-order valence-corrected chi connectivity index (χ1v) is 6.36. The van der Waals surface area contributed by atoms with Crippen LogP contribution < -0.4 is 5.73 Å². The quantitative estimate of drug-likeness (QED) is 0.762. The zero-order chi connectivity index (χ0) is 14.9. The van der Waals surface area contributed by atoms with Gasteiger partial charge in [0.05, 0.1) is 5.56 Å². The molecule has 0 amide bonds. The third-order valence-corrected chi connectivity index (χ3v) is 3.25. The first-order chi connectivity index (χ1) is 9.29. The Morgan fingerprint density at radius 1 is 0.950 bits per heavy atom. The van der Waals surface area contributed by atoms with E-state index >= 15 is 0 Å². The predicted molar refractivity (Wildman–Crippen MR) is 75.4 cm³/mol. The Morgan fingerprint density at radius 2 is 1.60 bits per heavy atom. The summed E-state index contributed by atoms with van der Waals surface area (Å²) in [6, 6.07) is 11.6. The van der Waals surface area contributed by atoms with Gasteiger partial charge < -0.3 is 5.73 Å². The molecule has 0 atom stereocenters. The first kappa shape index (κ1) is 14.4. The molecule has 106 valence electrons. The SMILES string of the molecule is CC(C)c1cccc(-c2ccc(N)c(C(F)(F)F)c2)c1.